The van der Waals surface area contributed by atoms with E-state index >= 15 is 0 Å². The molecule has 0 aliphatic carbocycles. The van der Waals surface area contributed by atoms with Crippen LogP contribution in [0, 0.1) is 5.92 Å². The fourth-order valence-corrected chi connectivity index (χ4v) is 2.06. The molecule has 20 heavy (non-hydrogen) atoms. The van der Waals surface area contributed by atoms with Crippen molar-refractivity contribution in [3.63, 3.8) is 0 Å². The van der Waals surface area contributed by atoms with Gasteiger partial charge in [-0.15, -0.1) is 11.6 Å². The summed E-state index contributed by atoms with van der Waals surface area (Å²) in [6, 6.07) is 4.73. The normalized spacial score (nSPS) is 14.4. The van der Waals surface area contributed by atoms with Crippen LogP contribution in [-0.4, -0.2) is 19.0 Å². The van der Waals surface area contributed by atoms with Crippen LogP contribution in [0.15, 0.2) is 24.3 Å². The van der Waals surface area contributed by atoms with Crippen molar-refractivity contribution in [3.05, 3.63) is 29.8 Å². The number of hydrogen-bond donors (Lipinski definition) is 0. The highest BCUT2D eigenvalue weighted by atomic mass is 35.5. The lowest BCUT2D eigenvalue weighted by atomic mass is 9.97. The van der Waals surface area contributed by atoms with E-state index in [2.05, 4.69) is 0 Å². The van der Waals surface area contributed by atoms with Crippen molar-refractivity contribution >= 4 is 11.6 Å². The van der Waals surface area contributed by atoms with Gasteiger partial charge in [0.15, 0.2) is 5.92 Å². The maximum atomic E-state index is 12.5. The third-order valence-electron chi connectivity index (χ3n) is 2.51. The summed E-state index contributed by atoms with van der Waals surface area (Å²) >= 11 is 5.39. The maximum absolute atomic E-state index is 12.5. The molecule has 1 aromatic carbocycles. The molecule has 0 bridgehead atoms. The van der Waals surface area contributed by atoms with E-state index in [1.807, 2.05) is 0 Å². The number of alkyl halides is 7. The third-order valence-corrected chi connectivity index (χ3v) is 3.01. The van der Waals surface area contributed by atoms with Crippen LogP contribution in [0.1, 0.15) is 17.9 Å². The van der Waals surface area contributed by atoms with E-state index in [4.69, 9.17) is 16.3 Å². The average Bonchev–Trinajstić information content (AvgIpc) is 2.26. The molecule has 1 atom stereocenters. The van der Waals surface area contributed by atoms with E-state index in [-0.39, 0.29) is 5.56 Å². The topological polar surface area (TPSA) is 9.23 Å². The van der Waals surface area contributed by atoms with Crippen molar-refractivity contribution in [1.82, 2.24) is 0 Å². The zero-order chi connectivity index (χ0) is 15.6. The van der Waals surface area contributed by atoms with Gasteiger partial charge in [-0.1, -0.05) is 12.1 Å². The van der Waals surface area contributed by atoms with E-state index in [0.29, 0.717) is 12.4 Å². The summed E-state index contributed by atoms with van der Waals surface area (Å²) < 4.78 is 80.2. The minimum absolute atomic E-state index is 0.269. The van der Waals surface area contributed by atoms with Gasteiger partial charge >= 0.3 is 12.4 Å². The number of halogens is 7. The van der Waals surface area contributed by atoms with Gasteiger partial charge in [0.2, 0.25) is 0 Å². The number of rotatable bonds is 4. The van der Waals surface area contributed by atoms with E-state index in [1.165, 1.54) is 12.1 Å². The molecule has 114 valence electrons. The van der Waals surface area contributed by atoms with Crippen LogP contribution in [0.5, 0.6) is 5.75 Å². The highest BCUT2D eigenvalue weighted by Gasteiger charge is 2.60. The zero-order valence-corrected chi connectivity index (χ0v) is 11.0. The van der Waals surface area contributed by atoms with Gasteiger partial charge in [0.1, 0.15) is 5.75 Å². The highest BCUT2D eigenvalue weighted by molar-refractivity contribution is 6.21. The van der Waals surface area contributed by atoms with Gasteiger partial charge in [-0.05, 0) is 24.6 Å². The van der Waals surface area contributed by atoms with E-state index in [1.54, 1.807) is 6.92 Å². The van der Waals surface area contributed by atoms with Crippen LogP contribution in [0.3, 0.4) is 0 Å². The van der Waals surface area contributed by atoms with Crippen LogP contribution >= 0.6 is 11.6 Å². The van der Waals surface area contributed by atoms with Crippen LogP contribution in [0.2, 0.25) is 0 Å². The lowest BCUT2D eigenvalue weighted by molar-refractivity contribution is -0.284. The molecular weight excluding hydrogens is 310 g/mol. The van der Waals surface area contributed by atoms with Crippen molar-refractivity contribution in [3.8, 4) is 5.75 Å². The summed E-state index contributed by atoms with van der Waals surface area (Å²) in [7, 11) is 0. The van der Waals surface area contributed by atoms with Crippen LogP contribution in [0.25, 0.3) is 0 Å². The molecular formula is C12H11ClF6O. The standard InChI is InChI=1S/C12H11ClF6O/c1-2-20-8-5-3-7(4-6-8)9(13)10(11(14,15)16)12(17,18)19/h3-6,9-10H,2H2,1H3. The molecule has 1 aromatic rings. The summed E-state index contributed by atoms with van der Waals surface area (Å²) in [5, 5.41) is -2.24. The first-order chi connectivity index (χ1) is 9.07. The molecule has 0 aromatic heterocycles. The average molecular weight is 321 g/mol. The molecule has 0 saturated carbocycles. The Morgan fingerprint density at radius 2 is 1.45 bits per heavy atom. The Balaban J connectivity index is 3.04. The lowest BCUT2D eigenvalue weighted by Crippen LogP contribution is -2.39. The van der Waals surface area contributed by atoms with E-state index in [9.17, 15) is 26.3 Å². The molecule has 0 aliphatic rings. The molecule has 0 aliphatic heterocycles. The number of ether oxygens (including phenoxy) is 1. The molecule has 1 nitrogen and oxygen atoms in total. The van der Waals surface area contributed by atoms with Gasteiger partial charge in [0, 0.05) is 0 Å². The van der Waals surface area contributed by atoms with Gasteiger partial charge < -0.3 is 4.74 Å². The zero-order valence-electron chi connectivity index (χ0n) is 10.2. The molecule has 0 radical (unpaired) electrons. The molecule has 0 spiro atoms. The van der Waals surface area contributed by atoms with Gasteiger partial charge in [-0.3, -0.25) is 0 Å². The van der Waals surface area contributed by atoms with Crippen LogP contribution in [-0.2, 0) is 0 Å². The molecule has 0 fully saturated rings. The van der Waals surface area contributed by atoms with Crippen molar-refractivity contribution in [2.75, 3.05) is 6.61 Å². The molecule has 1 unspecified atom stereocenters. The summed E-state index contributed by atoms with van der Waals surface area (Å²) in [6.07, 6.45) is -10.9. The monoisotopic (exact) mass is 320 g/mol. The first-order valence-electron chi connectivity index (χ1n) is 5.57. The van der Waals surface area contributed by atoms with Crippen molar-refractivity contribution in [1.29, 1.82) is 0 Å². The Morgan fingerprint density at radius 1 is 1.00 bits per heavy atom. The summed E-state index contributed by atoms with van der Waals surface area (Å²) in [5.41, 5.74) is -0.269. The fourth-order valence-electron chi connectivity index (χ4n) is 1.62. The minimum Gasteiger partial charge on any atom is -0.494 e. The Morgan fingerprint density at radius 3 is 1.80 bits per heavy atom. The van der Waals surface area contributed by atoms with E-state index < -0.39 is 23.6 Å². The first-order valence-corrected chi connectivity index (χ1v) is 6.01. The summed E-state index contributed by atoms with van der Waals surface area (Å²) in [4.78, 5) is 0. The first kappa shape index (κ1) is 16.9. The molecule has 8 heteroatoms. The van der Waals surface area contributed by atoms with Gasteiger partial charge in [-0.25, -0.2) is 0 Å². The van der Waals surface area contributed by atoms with Crippen molar-refractivity contribution in [2.24, 2.45) is 5.92 Å². The molecule has 1 rings (SSSR count). The molecule has 0 heterocycles. The van der Waals surface area contributed by atoms with Gasteiger partial charge in [0.05, 0.1) is 12.0 Å². The lowest BCUT2D eigenvalue weighted by Gasteiger charge is -2.27. The molecule has 0 N–H and O–H groups in total. The second kappa shape index (κ2) is 6.11. The second-order valence-electron chi connectivity index (χ2n) is 3.96. The minimum atomic E-state index is -5.47. The molecule has 0 amide bonds. The predicted molar refractivity (Wildman–Crippen MR) is 61.8 cm³/mol. The van der Waals surface area contributed by atoms with Gasteiger partial charge in [-0.2, -0.15) is 26.3 Å². The number of hydrogen-bond acceptors (Lipinski definition) is 1. The third kappa shape index (κ3) is 4.19. The quantitative estimate of drug-likeness (QED) is 0.553. The van der Waals surface area contributed by atoms with Crippen molar-refractivity contribution < 1.29 is 31.1 Å². The predicted octanol–water partition coefficient (Wildman–Crippen LogP) is 5.11. The molecule has 0 saturated heterocycles. The van der Waals surface area contributed by atoms with Crippen LogP contribution < -0.4 is 4.74 Å². The van der Waals surface area contributed by atoms with Gasteiger partial charge in [0.25, 0.3) is 0 Å². The maximum Gasteiger partial charge on any atom is 0.402 e. The Labute approximate surface area is 116 Å². The number of benzene rings is 1. The van der Waals surface area contributed by atoms with Crippen molar-refractivity contribution in [2.45, 2.75) is 24.7 Å². The Kier molecular flexibility index (Phi) is 5.18. The fraction of sp³-hybridized carbons (Fsp3) is 0.500. The summed E-state index contributed by atoms with van der Waals surface area (Å²) in [5.74, 6) is -3.27. The largest absolute Gasteiger partial charge is 0.494 e. The Bertz CT molecular complexity index is 411. The SMILES string of the molecule is CCOc1ccc(C(Cl)C(C(F)(F)F)C(F)(F)F)cc1. The van der Waals surface area contributed by atoms with Crippen LogP contribution in [0.4, 0.5) is 26.3 Å². The Hall–Kier alpha value is -1.11. The smallest absolute Gasteiger partial charge is 0.402 e. The second-order valence-corrected chi connectivity index (χ2v) is 4.43. The van der Waals surface area contributed by atoms with E-state index in [0.717, 1.165) is 12.1 Å². The highest BCUT2D eigenvalue weighted by Crippen LogP contribution is 2.49. The summed E-state index contributed by atoms with van der Waals surface area (Å²) in [6.45, 7) is 2.03.